The molecule has 4 rings (SSSR count). The van der Waals surface area contributed by atoms with Crippen molar-refractivity contribution in [3.63, 3.8) is 0 Å². The van der Waals surface area contributed by atoms with Gasteiger partial charge in [0.05, 0.1) is 33.1 Å². The van der Waals surface area contributed by atoms with Gasteiger partial charge >= 0.3 is 0 Å². The second-order valence-corrected chi connectivity index (χ2v) is 8.31. The van der Waals surface area contributed by atoms with Gasteiger partial charge in [-0.1, -0.05) is 0 Å². The molecule has 1 N–H and O–H groups in total. The summed E-state index contributed by atoms with van der Waals surface area (Å²) in [5, 5.41) is 4.11. The maximum Gasteiger partial charge on any atom is 0.272 e. The lowest BCUT2D eigenvalue weighted by atomic mass is 9.92. The third-order valence-electron chi connectivity index (χ3n) is 6.29. The molecule has 0 fully saturated rings. The Balaban J connectivity index is 1.50. The van der Waals surface area contributed by atoms with Crippen molar-refractivity contribution in [2.45, 2.75) is 25.9 Å². The molecule has 0 radical (unpaired) electrons. The zero-order valence-corrected chi connectivity index (χ0v) is 20.4. The van der Waals surface area contributed by atoms with Crippen LogP contribution < -0.4 is 19.6 Å². The molecule has 182 valence electrons. The minimum Gasteiger partial charge on any atom is -0.496 e. The van der Waals surface area contributed by atoms with Gasteiger partial charge in [0.2, 0.25) is 0 Å². The second kappa shape index (κ2) is 11.0. The number of pyridine rings is 1. The topological polar surface area (TPSA) is 85.3 Å². The van der Waals surface area contributed by atoms with Crippen molar-refractivity contribution in [2.75, 3.05) is 27.9 Å². The molecule has 0 saturated carbocycles. The minimum absolute atomic E-state index is 0.194. The number of carbonyl (C=O) groups is 1. The molecule has 1 unspecified atom stereocenters. The number of hydrogen-bond acceptors (Lipinski definition) is 7. The number of carbonyl (C=O) groups excluding carboxylic acids is 1. The molecule has 8 nitrogen and oxygen atoms in total. The molecule has 0 bridgehead atoms. The first kappa shape index (κ1) is 24.2. The van der Waals surface area contributed by atoms with Crippen LogP contribution in [0.4, 0.5) is 0 Å². The van der Waals surface area contributed by atoms with Gasteiger partial charge in [0.1, 0.15) is 5.75 Å². The predicted molar refractivity (Wildman–Crippen MR) is 134 cm³/mol. The molecule has 0 saturated heterocycles. The summed E-state index contributed by atoms with van der Waals surface area (Å²) < 4.78 is 16.6. The normalized spacial score (nSPS) is 15.5. The number of hydrazone groups is 1. The third-order valence-corrected chi connectivity index (χ3v) is 6.29. The van der Waals surface area contributed by atoms with Crippen LogP contribution in [-0.4, -0.2) is 49.9 Å². The first-order chi connectivity index (χ1) is 17.0. The first-order valence-electron chi connectivity index (χ1n) is 11.4. The molecule has 8 heteroatoms. The molecule has 1 aromatic heterocycles. The summed E-state index contributed by atoms with van der Waals surface area (Å²) in [7, 11) is 5.00. The van der Waals surface area contributed by atoms with Crippen molar-refractivity contribution >= 4 is 12.1 Å². The summed E-state index contributed by atoms with van der Waals surface area (Å²) in [6, 6.07) is 13.6. The van der Waals surface area contributed by atoms with Gasteiger partial charge in [-0.2, -0.15) is 5.10 Å². The average molecular weight is 475 g/mol. The van der Waals surface area contributed by atoms with E-state index in [9.17, 15) is 4.79 Å². The van der Waals surface area contributed by atoms with E-state index in [2.05, 4.69) is 39.5 Å². The van der Waals surface area contributed by atoms with Crippen LogP contribution in [0, 0.1) is 0 Å². The maximum atomic E-state index is 12.2. The Hall–Kier alpha value is -3.91. The number of fused-ring (bicyclic) bond motifs is 1. The first-order valence-corrected chi connectivity index (χ1v) is 11.4. The zero-order valence-electron chi connectivity index (χ0n) is 20.4. The van der Waals surface area contributed by atoms with E-state index in [-0.39, 0.29) is 11.9 Å². The highest BCUT2D eigenvalue weighted by atomic mass is 16.5. The van der Waals surface area contributed by atoms with Gasteiger partial charge in [-0.05, 0) is 72.5 Å². The molecule has 1 aliphatic heterocycles. The molecule has 2 heterocycles. The van der Waals surface area contributed by atoms with Gasteiger partial charge in [-0.15, -0.1) is 0 Å². The number of nitrogens with zero attached hydrogens (tertiary/aromatic N) is 3. The number of amides is 1. The minimum atomic E-state index is -0.309. The summed E-state index contributed by atoms with van der Waals surface area (Å²) in [5.41, 5.74) is 7.43. The highest BCUT2D eigenvalue weighted by molar-refractivity contribution is 5.94. The van der Waals surface area contributed by atoms with Gasteiger partial charge in [0.15, 0.2) is 11.5 Å². The molecule has 1 atom stereocenters. The molecular formula is C27H30N4O4. The van der Waals surface area contributed by atoms with E-state index in [0.717, 1.165) is 41.3 Å². The number of ether oxygens (including phenoxy) is 3. The average Bonchev–Trinajstić information content (AvgIpc) is 2.90. The largest absolute Gasteiger partial charge is 0.496 e. The molecule has 3 aromatic rings. The SMILES string of the molecule is COc1ccc(C=NNC(=O)c2cccnc2)cc1CN1CCc2cc(OC)c(OC)cc2C1C. The zero-order chi connectivity index (χ0) is 24.8. The fourth-order valence-electron chi connectivity index (χ4n) is 4.36. The highest BCUT2D eigenvalue weighted by Crippen LogP contribution is 2.38. The van der Waals surface area contributed by atoms with E-state index in [1.54, 1.807) is 45.9 Å². The summed E-state index contributed by atoms with van der Waals surface area (Å²) in [6.45, 7) is 3.82. The Labute approximate surface area is 205 Å². The van der Waals surface area contributed by atoms with Gasteiger partial charge in [-0.3, -0.25) is 14.7 Å². The lowest BCUT2D eigenvalue weighted by Gasteiger charge is -2.36. The van der Waals surface area contributed by atoms with Gasteiger partial charge in [0.25, 0.3) is 5.91 Å². The van der Waals surface area contributed by atoms with Crippen LogP contribution in [0.3, 0.4) is 0 Å². The lowest BCUT2D eigenvalue weighted by molar-refractivity contribution is 0.0954. The maximum absolute atomic E-state index is 12.2. The van der Waals surface area contributed by atoms with Crippen LogP contribution in [0.1, 0.15) is 45.6 Å². The van der Waals surface area contributed by atoms with E-state index in [1.807, 2.05) is 18.2 Å². The van der Waals surface area contributed by atoms with Gasteiger partial charge < -0.3 is 14.2 Å². The summed E-state index contributed by atoms with van der Waals surface area (Å²) >= 11 is 0. The molecule has 1 aliphatic rings. The van der Waals surface area contributed by atoms with E-state index >= 15 is 0 Å². The van der Waals surface area contributed by atoms with E-state index in [1.165, 1.54) is 17.3 Å². The smallest absolute Gasteiger partial charge is 0.272 e. The Morgan fingerprint density at radius 1 is 1.11 bits per heavy atom. The standard InChI is InChI=1S/C27H30N4O4/c1-18-23-14-26(35-4)25(34-3)13-20(23)9-11-31(18)17-22-12-19(7-8-24(22)33-2)15-29-30-27(32)21-6-5-10-28-16-21/h5-8,10,12-16,18H,9,11,17H2,1-4H3,(H,30,32). The summed E-state index contributed by atoms with van der Waals surface area (Å²) in [5.74, 6) is 2.00. The second-order valence-electron chi connectivity index (χ2n) is 8.31. The number of methoxy groups -OCH3 is 3. The molecule has 35 heavy (non-hydrogen) atoms. The number of hydrogen-bond donors (Lipinski definition) is 1. The van der Waals surface area contributed by atoms with Crippen molar-refractivity contribution in [3.8, 4) is 17.2 Å². The van der Waals surface area contributed by atoms with Crippen LogP contribution in [0.15, 0.2) is 60.0 Å². The van der Waals surface area contributed by atoms with Crippen molar-refractivity contribution < 1.29 is 19.0 Å². The van der Waals surface area contributed by atoms with Gasteiger partial charge in [-0.25, -0.2) is 5.43 Å². The fraction of sp³-hybridized carbons (Fsp3) is 0.296. The number of nitrogens with one attached hydrogen (secondary N) is 1. The van der Waals surface area contributed by atoms with Crippen LogP contribution in [0.2, 0.25) is 0 Å². The number of aromatic nitrogens is 1. The quantitative estimate of drug-likeness (QED) is 0.393. The Morgan fingerprint density at radius 2 is 1.89 bits per heavy atom. The van der Waals surface area contributed by atoms with Crippen molar-refractivity contribution in [3.05, 3.63) is 82.7 Å². The Bertz CT molecular complexity index is 1210. The lowest BCUT2D eigenvalue weighted by Crippen LogP contribution is -2.33. The molecule has 0 spiro atoms. The molecule has 1 amide bonds. The molecule has 2 aromatic carbocycles. The van der Waals surface area contributed by atoms with Crippen molar-refractivity contribution in [1.82, 2.24) is 15.3 Å². The number of rotatable bonds is 8. The monoisotopic (exact) mass is 474 g/mol. The predicted octanol–water partition coefficient (Wildman–Crippen LogP) is 3.99. The molecular weight excluding hydrogens is 444 g/mol. The summed E-state index contributed by atoms with van der Waals surface area (Å²) in [6.07, 6.45) is 5.67. The van der Waals surface area contributed by atoms with Gasteiger partial charge in [0, 0.05) is 37.1 Å². The number of benzene rings is 2. The third kappa shape index (κ3) is 5.44. The Kier molecular flexibility index (Phi) is 7.62. The van der Waals surface area contributed by atoms with Crippen LogP contribution in [-0.2, 0) is 13.0 Å². The van der Waals surface area contributed by atoms with Crippen LogP contribution >= 0.6 is 0 Å². The van der Waals surface area contributed by atoms with E-state index < -0.39 is 0 Å². The van der Waals surface area contributed by atoms with E-state index in [4.69, 9.17) is 14.2 Å². The van der Waals surface area contributed by atoms with Crippen LogP contribution in [0.5, 0.6) is 17.2 Å². The van der Waals surface area contributed by atoms with Crippen molar-refractivity contribution in [1.29, 1.82) is 0 Å². The van der Waals surface area contributed by atoms with Crippen LogP contribution in [0.25, 0.3) is 0 Å². The summed E-state index contributed by atoms with van der Waals surface area (Å²) in [4.78, 5) is 18.5. The van der Waals surface area contributed by atoms with E-state index in [0.29, 0.717) is 12.1 Å². The molecule has 0 aliphatic carbocycles. The fourth-order valence-corrected chi connectivity index (χ4v) is 4.36. The Morgan fingerprint density at radius 3 is 2.60 bits per heavy atom. The van der Waals surface area contributed by atoms with Crippen molar-refractivity contribution in [2.24, 2.45) is 5.10 Å². The highest BCUT2D eigenvalue weighted by Gasteiger charge is 2.26.